The summed E-state index contributed by atoms with van der Waals surface area (Å²) in [5.74, 6) is 0.965. The molecule has 1 amide bonds. The van der Waals surface area contributed by atoms with Gasteiger partial charge in [0.15, 0.2) is 0 Å². The van der Waals surface area contributed by atoms with Crippen molar-refractivity contribution in [3.05, 3.63) is 77.9 Å². The maximum Gasteiger partial charge on any atom is 0.246 e. The van der Waals surface area contributed by atoms with Crippen molar-refractivity contribution < 1.29 is 9.53 Å². The Morgan fingerprint density at radius 3 is 2.73 bits per heavy atom. The van der Waals surface area contributed by atoms with E-state index < -0.39 is 0 Å². The van der Waals surface area contributed by atoms with E-state index in [1.807, 2.05) is 35.2 Å². The van der Waals surface area contributed by atoms with Gasteiger partial charge in [-0.05, 0) is 34.9 Å². The fourth-order valence-corrected chi connectivity index (χ4v) is 3.04. The molecule has 0 spiro atoms. The van der Waals surface area contributed by atoms with Crippen LogP contribution in [0.4, 0.5) is 0 Å². The minimum absolute atomic E-state index is 0.0330. The maximum atomic E-state index is 12.1. The smallest absolute Gasteiger partial charge is 0.246 e. The fraction of sp³-hybridized carbons (Fsp3) is 0.211. The maximum absolute atomic E-state index is 12.1. The van der Waals surface area contributed by atoms with Gasteiger partial charge in [-0.15, -0.1) is 0 Å². The normalized spacial score (nSPS) is 16.8. The molecule has 0 saturated heterocycles. The third-order valence-electron chi connectivity index (χ3n) is 4.18. The molecule has 1 aliphatic heterocycles. The van der Waals surface area contributed by atoms with E-state index in [2.05, 4.69) is 24.8 Å². The second kappa shape index (κ2) is 6.06. The topological polar surface area (TPSA) is 29.5 Å². The van der Waals surface area contributed by atoms with Gasteiger partial charge in [0, 0.05) is 19.0 Å². The Balaban J connectivity index is 2.06. The molecule has 1 atom stereocenters. The van der Waals surface area contributed by atoms with Crippen molar-refractivity contribution in [2.24, 2.45) is 0 Å². The highest BCUT2D eigenvalue weighted by molar-refractivity contribution is 5.87. The summed E-state index contributed by atoms with van der Waals surface area (Å²) >= 11 is 0. The van der Waals surface area contributed by atoms with E-state index in [9.17, 15) is 4.79 Å². The van der Waals surface area contributed by atoms with Crippen molar-refractivity contribution in [2.75, 3.05) is 13.7 Å². The van der Waals surface area contributed by atoms with Crippen LogP contribution < -0.4 is 4.74 Å². The molecule has 1 aliphatic rings. The Morgan fingerprint density at radius 2 is 2.05 bits per heavy atom. The molecule has 1 heterocycles. The van der Waals surface area contributed by atoms with E-state index >= 15 is 0 Å². The van der Waals surface area contributed by atoms with Crippen LogP contribution in [0.15, 0.2) is 61.2 Å². The summed E-state index contributed by atoms with van der Waals surface area (Å²) in [6.07, 6.45) is 1.38. The Hall–Kier alpha value is -2.55. The quantitative estimate of drug-likeness (QED) is 0.812. The Kier molecular flexibility index (Phi) is 3.96. The number of methoxy groups -OCH3 is 1. The van der Waals surface area contributed by atoms with Gasteiger partial charge in [0.25, 0.3) is 0 Å². The first kappa shape index (κ1) is 14.4. The standard InChI is InChI=1S/C19H19NO2/c1-3-19(21)20-12-15-11-16(22-2)9-10-17(15)18(13-20)14-7-5-4-6-8-14/h3-11,18H,1,12-13H2,2H3/t18-/m1/s1. The van der Waals surface area contributed by atoms with Gasteiger partial charge in [0.05, 0.1) is 7.11 Å². The van der Waals surface area contributed by atoms with E-state index in [0.29, 0.717) is 13.1 Å². The van der Waals surface area contributed by atoms with E-state index in [0.717, 1.165) is 11.3 Å². The summed E-state index contributed by atoms with van der Waals surface area (Å²) in [5.41, 5.74) is 3.62. The van der Waals surface area contributed by atoms with Crippen LogP contribution in [0.5, 0.6) is 5.75 Å². The number of fused-ring (bicyclic) bond motifs is 1. The third-order valence-corrected chi connectivity index (χ3v) is 4.18. The SMILES string of the molecule is C=CC(=O)N1Cc2cc(OC)ccc2[C@@H](c2ccccc2)C1. The number of carbonyl (C=O) groups excluding carboxylic acids is 1. The molecule has 22 heavy (non-hydrogen) atoms. The van der Waals surface area contributed by atoms with Crippen molar-refractivity contribution in [1.29, 1.82) is 0 Å². The van der Waals surface area contributed by atoms with Gasteiger partial charge in [0.1, 0.15) is 5.75 Å². The Morgan fingerprint density at radius 1 is 1.27 bits per heavy atom. The van der Waals surface area contributed by atoms with Gasteiger partial charge >= 0.3 is 0 Å². The lowest BCUT2D eigenvalue weighted by molar-refractivity contribution is -0.127. The highest BCUT2D eigenvalue weighted by atomic mass is 16.5. The predicted octanol–water partition coefficient (Wildman–Crippen LogP) is 3.36. The predicted molar refractivity (Wildman–Crippen MR) is 86.9 cm³/mol. The van der Waals surface area contributed by atoms with Crippen molar-refractivity contribution in [1.82, 2.24) is 4.90 Å². The molecule has 112 valence electrons. The molecule has 0 unspecified atom stereocenters. The summed E-state index contributed by atoms with van der Waals surface area (Å²) in [7, 11) is 1.66. The Labute approximate surface area is 130 Å². The van der Waals surface area contributed by atoms with Gasteiger partial charge in [-0.3, -0.25) is 4.79 Å². The summed E-state index contributed by atoms with van der Waals surface area (Å²) in [5, 5.41) is 0. The van der Waals surface area contributed by atoms with Crippen LogP contribution >= 0.6 is 0 Å². The lowest BCUT2D eigenvalue weighted by atomic mass is 9.84. The number of amides is 1. The Bertz CT molecular complexity index is 694. The fourth-order valence-electron chi connectivity index (χ4n) is 3.04. The molecule has 3 rings (SSSR count). The summed E-state index contributed by atoms with van der Waals surface area (Å²) in [4.78, 5) is 13.9. The second-order valence-corrected chi connectivity index (χ2v) is 5.45. The number of benzene rings is 2. The zero-order chi connectivity index (χ0) is 15.5. The number of hydrogen-bond donors (Lipinski definition) is 0. The number of ether oxygens (including phenoxy) is 1. The highest BCUT2D eigenvalue weighted by Gasteiger charge is 2.28. The number of carbonyl (C=O) groups is 1. The van der Waals surface area contributed by atoms with Crippen LogP contribution in [0.25, 0.3) is 0 Å². The first-order valence-corrected chi connectivity index (χ1v) is 7.36. The molecular weight excluding hydrogens is 274 g/mol. The van der Waals surface area contributed by atoms with E-state index in [1.165, 1.54) is 17.2 Å². The van der Waals surface area contributed by atoms with Crippen LogP contribution in [0.1, 0.15) is 22.6 Å². The third kappa shape index (κ3) is 2.62. The van der Waals surface area contributed by atoms with Gasteiger partial charge in [-0.1, -0.05) is 43.0 Å². The second-order valence-electron chi connectivity index (χ2n) is 5.45. The van der Waals surface area contributed by atoms with Crippen LogP contribution in [0, 0.1) is 0 Å². The lowest BCUT2D eigenvalue weighted by Crippen LogP contribution is -2.37. The van der Waals surface area contributed by atoms with Gasteiger partial charge < -0.3 is 9.64 Å². The van der Waals surface area contributed by atoms with Crippen LogP contribution in [-0.4, -0.2) is 24.5 Å². The van der Waals surface area contributed by atoms with Crippen molar-refractivity contribution in [2.45, 2.75) is 12.5 Å². The van der Waals surface area contributed by atoms with Gasteiger partial charge in [0.2, 0.25) is 5.91 Å². The molecule has 3 heteroatoms. The van der Waals surface area contributed by atoms with Crippen molar-refractivity contribution in [3.8, 4) is 5.75 Å². The minimum atomic E-state index is -0.0330. The first-order chi connectivity index (χ1) is 10.7. The number of nitrogens with zero attached hydrogens (tertiary/aromatic N) is 1. The van der Waals surface area contributed by atoms with E-state index in [1.54, 1.807) is 7.11 Å². The average Bonchev–Trinajstić information content (AvgIpc) is 2.60. The summed E-state index contributed by atoms with van der Waals surface area (Å²) in [6, 6.07) is 16.4. The number of rotatable bonds is 3. The molecule has 0 aliphatic carbocycles. The zero-order valence-electron chi connectivity index (χ0n) is 12.7. The van der Waals surface area contributed by atoms with E-state index in [-0.39, 0.29) is 11.8 Å². The van der Waals surface area contributed by atoms with Gasteiger partial charge in [-0.2, -0.15) is 0 Å². The molecule has 2 aromatic carbocycles. The zero-order valence-corrected chi connectivity index (χ0v) is 12.7. The average molecular weight is 293 g/mol. The van der Waals surface area contributed by atoms with Gasteiger partial charge in [-0.25, -0.2) is 0 Å². The molecule has 0 bridgehead atoms. The molecule has 0 saturated carbocycles. The molecule has 0 radical (unpaired) electrons. The molecule has 3 nitrogen and oxygen atoms in total. The van der Waals surface area contributed by atoms with E-state index in [4.69, 9.17) is 4.74 Å². The molecular formula is C19H19NO2. The summed E-state index contributed by atoms with van der Waals surface area (Å²) < 4.78 is 5.32. The summed E-state index contributed by atoms with van der Waals surface area (Å²) in [6.45, 7) is 4.88. The lowest BCUT2D eigenvalue weighted by Gasteiger charge is -2.34. The largest absolute Gasteiger partial charge is 0.497 e. The van der Waals surface area contributed by atoms with Crippen LogP contribution in [0.3, 0.4) is 0 Å². The molecule has 0 aromatic heterocycles. The minimum Gasteiger partial charge on any atom is -0.497 e. The van der Waals surface area contributed by atoms with Crippen molar-refractivity contribution >= 4 is 5.91 Å². The highest BCUT2D eigenvalue weighted by Crippen LogP contribution is 2.35. The molecule has 0 N–H and O–H groups in total. The van der Waals surface area contributed by atoms with Crippen molar-refractivity contribution in [3.63, 3.8) is 0 Å². The van der Waals surface area contributed by atoms with Crippen LogP contribution in [0.2, 0.25) is 0 Å². The first-order valence-electron chi connectivity index (χ1n) is 7.36. The van der Waals surface area contributed by atoms with Crippen LogP contribution in [-0.2, 0) is 11.3 Å². The monoisotopic (exact) mass is 293 g/mol. The molecule has 2 aromatic rings. The molecule has 0 fully saturated rings. The number of hydrogen-bond acceptors (Lipinski definition) is 2.